The molecule has 0 aliphatic heterocycles. The third kappa shape index (κ3) is 2.51. The molecular formula is C17H13NO3. The normalized spacial score (nSPS) is 10.5. The standard InChI is InChI=1S/C17H13NO3/c18-12-8-9-15(19)14(10-12)17(20)21-16-7-3-5-11-4-1-2-6-13(11)16/h1-10,19H,18H2. The summed E-state index contributed by atoms with van der Waals surface area (Å²) < 4.78 is 5.40. The Hall–Kier alpha value is -3.01. The highest BCUT2D eigenvalue weighted by molar-refractivity contribution is 5.97. The first kappa shape index (κ1) is 13.0. The van der Waals surface area contributed by atoms with Crippen molar-refractivity contribution >= 4 is 22.4 Å². The Labute approximate surface area is 121 Å². The van der Waals surface area contributed by atoms with E-state index in [0.29, 0.717) is 11.4 Å². The molecule has 21 heavy (non-hydrogen) atoms. The predicted octanol–water partition coefficient (Wildman–Crippen LogP) is 3.35. The van der Waals surface area contributed by atoms with E-state index in [-0.39, 0.29) is 11.3 Å². The number of carbonyl (C=O) groups is 1. The minimum Gasteiger partial charge on any atom is -0.507 e. The summed E-state index contributed by atoms with van der Waals surface area (Å²) in [6, 6.07) is 17.3. The lowest BCUT2D eigenvalue weighted by molar-refractivity contribution is 0.0734. The number of ether oxygens (including phenoxy) is 1. The van der Waals surface area contributed by atoms with Gasteiger partial charge in [-0.15, -0.1) is 0 Å². The summed E-state index contributed by atoms with van der Waals surface area (Å²) in [5.74, 6) is -0.356. The molecule has 0 radical (unpaired) electrons. The number of phenols is 1. The van der Waals surface area contributed by atoms with Gasteiger partial charge in [0.1, 0.15) is 17.1 Å². The van der Waals surface area contributed by atoms with Crippen LogP contribution in [0.5, 0.6) is 11.5 Å². The summed E-state index contributed by atoms with van der Waals surface area (Å²) >= 11 is 0. The molecule has 0 unspecified atom stereocenters. The van der Waals surface area contributed by atoms with Crippen molar-refractivity contribution < 1.29 is 14.6 Å². The molecule has 4 heteroatoms. The maximum absolute atomic E-state index is 12.2. The van der Waals surface area contributed by atoms with E-state index in [0.717, 1.165) is 10.8 Å². The molecule has 0 spiro atoms. The first-order valence-corrected chi connectivity index (χ1v) is 6.43. The Balaban J connectivity index is 1.99. The van der Waals surface area contributed by atoms with Gasteiger partial charge in [-0.05, 0) is 29.7 Å². The zero-order valence-electron chi connectivity index (χ0n) is 11.1. The molecule has 0 heterocycles. The molecular weight excluding hydrogens is 266 g/mol. The number of nitrogens with two attached hydrogens (primary N) is 1. The number of carbonyl (C=O) groups excluding carboxylic acids is 1. The smallest absolute Gasteiger partial charge is 0.347 e. The Kier molecular flexibility index (Phi) is 3.20. The van der Waals surface area contributed by atoms with Crippen molar-refractivity contribution in [3.8, 4) is 11.5 Å². The summed E-state index contributed by atoms with van der Waals surface area (Å²) in [4.78, 5) is 12.2. The number of aromatic hydroxyl groups is 1. The number of hydrogen-bond acceptors (Lipinski definition) is 4. The number of benzene rings is 3. The highest BCUT2D eigenvalue weighted by atomic mass is 16.5. The average Bonchev–Trinajstić information content (AvgIpc) is 2.50. The first-order chi connectivity index (χ1) is 10.1. The van der Waals surface area contributed by atoms with E-state index in [4.69, 9.17) is 10.5 Å². The summed E-state index contributed by atoms with van der Waals surface area (Å²) in [6.07, 6.45) is 0. The molecule has 3 N–H and O–H groups in total. The zero-order chi connectivity index (χ0) is 14.8. The van der Waals surface area contributed by atoms with Gasteiger partial charge < -0.3 is 15.6 Å². The molecule has 0 amide bonds. The van der Waals surface area contributed by atoms with Crippen molar-refractivity contribution in [2.45, 2.75) is 0 Å². The largest absolute Gasteiger partial charge is 0.507 e. The highest BCUT2D eigenvalue weighted by Crippen LogP contribution is 2.27. The lowest BCUT2D eigenvalue weighted by Crippen LogP contribution is -2.09. The molecule has 3 rings (SSSR count). The third-order valence-electron chi connectivity index (χ3n) is 3.19. The summed E-state index contributed by atoms with van der Waals surface area (Å²) in [6.45, 7) is 0. The van der Waals surface area contributed by atoms with Gasteiger partial charge in [-0.1, -0.05) is 36.4 Å². The van der Waals surface area contributed by atoms with Crippen LogP contribution in [0.15, 0.2) is 60.7 Å². The Morgan fingerprint density at radius 1 is 1.00 bits per heavy atom. The fourth-order valence-electron chi connectivity index (χ4n) is 2.16. The van der Waals surface area contributed by atoms with E-state index in [9.17, 15) is 9.90 Å². The van der Waals surface area contributed by atoms with Gasteiger partial charge in [0, 0.05) is 11.1 Å². The van der Waals surface area contributed by atoms with E-state index in [2.05, 4.69) is 0 Å². The molecule has 0 aliphatic carbocycles. The number of anilines is 1. The Morgan fingerprint density at radius 2 is 1.76 bits per heavy atom. The highest BCUT2D eigenvalue weighted by Gasteiger charge is 2.15. The van der Waals surface area contributed by atoms with Crippen LogP contribution in [-0.4, -0.2) is 11.1 Å². The van der Waals surface area contributed by atoms with Gasteiger partial charge >= 0.3 is 5.97 Å². The Morgan fingerprint density at radius 3 is 2.62 bits per heavy atom. The number of phenolic OH excluding ortho intramolecular Hbond substituents is 1. The SMILES string of the molecule is Nc1ccc(O)c(C(=O)Oc2cccc3ccccc23)c1. The van der Waals surface area contributed by atoms with Crippen molar-refractivity contribution in [1.29, 1.82) is 0 Å². The van der Waals surface area contributed by atoms with Crippen LogP contribution < -0.4 is 10.5 Å². The van der Waals surface area contributed by atoms with E-state index in [1.54, 1.807) is 6.07 Å². The van der Waals surface area contributed by atoms with Crippen LogP contribution in [0.4, 0.5) is 5.69 Å². The minimum atomic E-state index is -0.642. The molecule has 0 bridgehead atoms. The molecule has 3 aromatic rings. The minimum absolute atomic E-state index is 0.0444. The summed E-state index contributed by atoms with van der Waals surface area (Å²) in [5, 5.41) is 11.5. The predicted molar refractivity (Wildman–Crippen MR) is 81.4 cm³/mol. The van der Waals surface area contributed by atoms with Gasteiger partial charge in [-0.2, -0.15) is 0 Å². The van der Waals surface area contributed by atoms with Crippen LogP contribution in [0.3, 0.4) is 0 Å². The van der Waals surface area contributed by atoms with Crippen LogP contribution in [0, 0.1) is 0 Å². The monoisotopic (exact) mass is 279 g/mol. The van der Waals surface area contributed by atoms with E-state index in [1.807, 2.05) is 36.4 Å². The van der Waals surface area contributed by atoms with Crippen LogP contribution in [0.1, 0.15) is 10.4 Å². The second-order valence-electron chi connectivity index (χ2n) is 4.64. The lowest BCUT2D eigenvalue weighted by atomic mass is 10.1. The Bertz CT molecular complexity index is 822. The first-order valence-electron chi connectivity index (χ1n) is 6.43. The lowest BCUT2D eigenvalue weighted by Gasteiger charge is -2.09. The average molecular weight is 279 g/mol. The van der Waals surface area contributed by atoms with Crippen molar-refractivity contribution in [3.63, 3.8) is 0 Å². The van der Waals surface area contributed by atoms with Crippen LogP contribution in [0.2, 0.25) is 0 Å². The summed E-state index contributed by atoms with van der Waals surface area (Å²) in [5.41, 5.74) is 6.06. The van der Waals surface area contributed by atoms with E-state index >= 15 is 0 Å². The van der Waals surface area contributed by atoms with Crippen molar-refractivity contribution in [2.24, 2.45) is 0 Å². The van der Waals surface area contributed by atoms with Crippen LogP contribution in [0.25, 0.3) is 10.8 Å². The maximum Gasteiger partial charge on any atom is 0.347 e. The van der Waals surface area contributed by atoms with Gasteiger partial charge in [0.25, 0.3) is 0 Å². The quantitative estimate of drug-likeness (QED) is 0.326. The van der Waals surface area contributed by atoms with Gasteiger partial charge in [0.05, 0.1) is 0 Å². The van der Waals surface area contributed by atoms with Crippen molar-refractivity contribution in [2.75, 3.05) is 5.73 Å². The number of fused-ring (bicyclic) bond motifs is 1. The van der Waals surface area contributed by atoms with Crippen LogP contribution in [-0.2, 0) is 0 Å². The number of esters is 1. The molecule has 0 aliphatic rings. The molecule has 0 atom stereocenters. The maximum atomic E-state index is 12.2. The van der Waals surface area contributed by atoms with Gasteiger partial charge in [-0.25, -0.2) is 4.79 Å². The van der Waals surface area contributed by atoms with Crippen molar-refractivity contribution in [1.82, 2.24) is 0 Å². The number of rotatable bonds is 2. The fourth-order valence-corrected chi connectivity index (χ4v) is 2.16. The topological polar surface area (TPSA) is 72.5 Å². The number of nitrogen functional groups attached to an aromatic ring is 1. The van der Waals surface area contributed by atoms with Gasteiger partial charge in [0.2, 0.25) is 0 Å². The van der Waals surface area contributed by atoms with Crippen LogP contribution >= 0.6 is 0 Å². The van der Waals surface area contributed by atoms with E-state index in [1.165, 1.54) is 18.2 Å². The van der Waals surface area contributed by atoms with Crippen molar-refractivity contribution in [3.05, 3.63) is 66.2 Å². The molecule has 0 fully saturated rings. The second-order valence-corrected chi connectivity index (χ2v) is 4.64. The molecule has 3 aromatic carbocycles. The van der Waals surface area contributed by atoms with Gasteiger partial charge in [0.15, 0.2) is 0 Å². The third-order valence-corrected chi connectivity index (χ3v) is 3.19. The number of hydrogen-bond donors (Lipinski definition) is 2. The zero-order valence-corrected chi connectivity index (χ0v) is 11.1. The second kappa shape index (κ2) is 5.17. The molecule has 4 nitrogen and oxygen atoms in total. The molecule has 104 valence electrons. The molecule has 0 saturated carbocycles. The molecule has 0 saturated heterocycles. The molecule has 0 aromatic heterocycles. The van der Waals surface area contributed by atoms with Gasteiger partial charge in [-0.3, -0.25) is 0 Å². The summed E-state index contributed by atoms with van der Waals surface area (Å²) in [7, 11) is 0. The fraction of sp³-hybridized carbons (Fsp3) is 0. The van der Waals surface area contributed by atoms with E-state index < -0.39 is 5.97 Å².